The van der Waals surface area contributed by atoms with Gasteiger partial charge < -0.3 is 9.47 Å². The molecule has 0 saturated heterocycles. The van der Waals surface area contributed by atoms with Gasteiger partial charge in [0, 0.05) is 38.6 Å². The number of amidine groups is 1. The molecule has 0 atom stereocenters. The van der Waals surface area contributed by atoms with Crippen LogP contribution in [0.4, 0.5) is 0 Å². The van der Waals surface area contributed by atoms with Crippen LogP contribution in [0.2, 0.25) is 0 Å². The first-order chi connectivity index (χ1) is 9.27. The molecule has 0 bridgehead atoms. The summed E-state index contributed by atoms with van der Waals surface area (Å²) in [7, 11) is 0. The van der Waals surface area contributed by atoms with Crippen molar-refractivity contribution >= 4 is 5.84 Å². The summed E-state index contributed by atoms with van der Waals surface area (Å²) in [5.41, 5.74) is 0. The van der Waals surface area contributed by atoms with Crippen LogP contribution in [0.15, 0.2) is 17.4 Å². The Hall–Kier alpha value is -1.32. The summed E-state index contributed by atoms with van der Waals surface area (Å²) in [4.78, 5) is 11.2. The molecular formula is C15H26N4. The summed E-state index contributed by atoms with van der Waals surface area (Å²) >= 11 is 0. The van der Waals surface area contributed by atoms with Crippen LogP contribution in [0.3, 0.4) is 0 Å². The van der Waals surface area contributed by atoms with Crippen LogP contribution in [0.1, 0.15) is 44.9 Å². The molecule has 4 nitrogen and oxygen atoms in total. The third-order valence-corrected chi connectivity index (χ3v) is 3.89. The van der Waals surface area contributed by atoms with Crippen LogP contribution < -0.4 is 0 Å². The normalized spacial score (nSPS) is 15.7. The zero-order chi connectivity index (χ0) is 13.5. The number of hydrogen-bond donors (Lipinski definition) is 0. The van der Waals surface area contributed by atoms with Gasteiger partial charge in [0.25, 0.3) is 0 Å². The SMILES string of the molecule is CC1=NCCCN1CCCCCCn1ccnc1C. The molecule has 0 N–H and O–H groups in total. The van der Waals surface area contributed by atoms with Crippen molar-refractivity contribution in [1.82, 2.24) is 14.5 Å². The van der Waals surface area contributed by atoms with E-state index in [1.165, 1.54) is 51.0 Å². The van der Waals surface area contributed by atoms with E-state index in [-0.39, 0.29) is 0 Å². The molecule has 0 saturated carbocycles. The molecule has 1 aromatic rings. The Morgan fingerprint density at radius 2 is 1.89 bits per heavy atom. The van der Waals surface area contributed by atoms with Gasteiger partial charge in [-0.05, 0) is 33.1 Å². The Bertz CT molecular complexity index is 408. The number of imidazole rings is 1. The number of hydrogen-bond acceptors (Lipinski definition) is 3. The highest BCUT2D eigenvalue weighted by atomic mass is 15.2. The zero-order valence-corrected chi connectivity index (χ0v) is 12.3. The van der Waals surface area contributed by atoms with Crippen LogP contribution in [0, 0.1) is 6.92 Å². The molecule has 0 unspecified atom stereocenters. The van der Waals surface area contributed by atoms with Crippen LogP contribution in [-0.2, 0) is 6.54 Å². The molecule has 1 aliphatic rings. The predicted octanol–water partition coefficient (Wildman–Crippen LogP) is 2.88. The first kappa shape index (κ1) is 14.1. The van der Waals surface area contributed by atoms with Gasteiger partial charge in [-0.1, -0.05) is 12.8 Å². The van der Waals surface area contributed by atoms with E-state index in [9.17, 15) is 0 Å². The number of unbranched alkanes of at least 4 members (excludes halogenated alkanes) is 3. The molecule has 0 radical (unpaired) electrons. The van der Waals surface area contributed by atoms with Gasteiger partial charge in [0.1, 0.15) is 5.82 Å². The van der Waals surface area contributed by atoms with Crippen molar-refractivity contribution < 1.29 is 0 Å². The summed E-state index contributed by atoms with van der Waals surface area (Å²) in [6, 6.07) is 0. The third kappa shape index (κ3) is 4.37. The van der Waals surface area contributed by atoms with Gasteiger partial charge in [-0.25, -0.2) is 4.98 Å². The molecule has 0 aromatic carbocycles. The van der Waals surface area contributed by atoms with Gasteiger partial charge in [0.2, 0.25) is 0 Å². The number of rotatable bonds is 7. The third-order valence-electron chi connectivity index (χ3n) is 3.89. The van der Waals surface area contributed by atoms with Gasteiger partial charge in [0.15, 0.2) is 0 Å². The lowest BCUT2D eigenvalue weighted by Gasteiger charge is -2.27. The van der Waals surface area contributed by atoms with Gasteiger partial charge in [0.05, 0.1) is 5.84 Å². The molecule has 0 fully saturated rings. The van der Waals surface area contributed by atoms with E-state index in [0.29, 0.717) is 0 Å². The predicted molar refractivity (Wildman–Crippen MR) is 79.6 cm³/mol. The van der Waals surface area contributed by atoms with Crippen molar-refractivity contribution in [1.29, 1.82) is 0 Å². The minimum atomic E-state index is 1.02. The van der Waals surface area contributed by atoms with Crippen LogP contribution in [-0.4, -0.2) is 39.9 Å². The minimum absolute atomic E-state index is 1.02. The number of aromatic nitrogens is 2. The second-order valence-corrected chi connectivity index (χ2v) is 5.35. The molecule has 106 valence electrons. The lowest BCUT2D eigenvalue weighted by molar-refractivity contribution is 0.376. The van der Waals surface area contributed by atoms with E-state index >= 15 is 0 Å². The van der Waals surface area contributed by atoms with E-state index < -0.39 is 0 Å². The van der Waals surface area contributed by atoms with E-state index in [1.807, 2.05) is 6.20 Å². The first-order valence-corrected chi connectivity index (χ1v) is 7.51. The number of aliphatic imine (C=N–C) groups is 1. The molecule has 2 rings (SSSR count). The van der Waals surface area contributed by atoms with E-state index in [4.69, 9.17) is 0 Å². The molecule has 0 aliphatic carbocycles. The lowest BCUT2D eigenvalue weighted by Crippen LogP contribution is -2.34. The fraction of sp³-hybridized carbons (Fsp3) is 0.733. The molecule has 4 heteroatoms. The molecule has 0 spiro atoms. The molecule has 1 aliphatic heterocycles. The molecule has 19 heavy (non-hydrogen) atoms. The van der Waals surface area contributed by atoms with E-state index in [2.05, 4.69) is 39.5 Å². The van der Waals surface area contributed by atoms with Crippen molar-refractivity contribution in [3.05, 3.63) is 18.2 Å². The molecular weight excluding hydrogens is 236 g/mol. The topological polar surface area (TPSA) is 33.4 Å². The summed E-state index contributed by atoms with van der Waals surface area (Å²) in [6.45, 7) is 8.71. The number of aryl methyl sites for hydroxylation is 2. The maximum absolute atomic E-state index is 4.50. The fourth-order valence-corrected chi connectivity index (χ4v) is 2.62. The Balaban J connectivity index is 1.54. The van der Waals surface area contributed by atoms with Crippen molar-refractivity contribution in [2.75, 3.05) is 19.6 Å². The van der Waals surface area contributed by atoms with Gasteiger partial charge in [-0.2, -0.15) is 0 Å². The highest BCUT2D eigenvalue weighted by molar-refractivity contribution is 5.80. The largest absolute Gasteiger partial charge is 0.361 e. The Morgan fingerprint density at radius 3 is 2.58 bits per heavy atom. The van der Waals surface area contributed by atoms with Crippen molar-refractivity contribution in [2.24, 2.45) is 4.99 Å². The lowest BCUT2D eigenvalue weighted by atomic mass is 10.1. The maximum Gasteiger partial charge on any atom is 0.105 e. The average molecular weight is 262 g/mol. The highest BCUT2D eigenvalue weighted by Crippen LogP contribution is 2.08. The second-order valence-electron chi connectivity index (χ2n) is 5.35. The second kappa shape index (κ2) is 7.31. The molecule has 2 heterocycles. The standard InChI is InChI=1S/C15H26N4/c1-14-16-8-7-12-18(14)10-5-3-4-6-11-19-13-9-17-15(19)2/h9,13H,3-8,10-12H2,1-2H3. The Labute approximate surface area is 116 Å². The Morgan fingerprint density at radius 1 is 1.11 bits per heavy atom. The van der Waals surface area contributed by atoms with E-state index in [0.717, 1.165) is 18.9 Å². The summed E-state index contributed by atoms with van der Waals surface area (Å²) in [5, 5.41) is 0. The fourth-order valence-electron chi connectivity index (χ4n) is 2.62. The average Bonchev–Trinajstić information content (AvgIpc) is 2.81. The van der Waals surface area contributed by atoms with Crippen molar-refractivity contribution in [2.45, 2.75) is 52.5 Å². The molecule has 1 aromatic heterocycles. The summed E-state index contributed by atoms with van der Waals surface area (Å²) in [5.74, 6) is 2.36. The van der Waals surface area contributed by atoms with Crippen LogP contribution >= 0.6 is 0 Å². The Kier molecular flexibility index (Phi) is 5.43. The first-order valence-electron chi connectivity index (χ1n) is 7.51. The highest BCUT2D eigenvalue weighted by Gasteiger charge is 2.09. The minimum Gasteiger partial charge on any atom is -0.361 e. The smallest absolute Gasteiger partial charge is 0.105 e. The summed E-state index contributed by atoms with van der Waals surface area (Å²) < 4.78 is 2.24. The monoisotopic (exact) mass is 262 g/mol. The summed E-state index contributed by atoms with van der Waals surface area (Å²) in [6.07, 6.45) is 10.3. The zero-order valence-electron chi connectivity index (χ0n) is 12.3. The van der Waals surface area contributed by atoms with Crippen molar-refractivity contribution in [3.8, 4) is 0 Å². The van der Waals surface area contributed by atoms with Crippen molar-refractivity contribution in [3.63, 3.8) is 0 Å². The van der Waals surface area contributed by atoms with Gasteiger partial charge >= 0.3 is 0 Å². The van der Waals surface area contributed by atoms with Crippen LogP contribution in [0.25, 0.3) is 0 Å². The maximum atomic E-state index is 4.50. The van der Waals surface area contributed by atoms with Crippen LogP contribution in [0.5, 0.6) is 0 Å². The molecule has 0 amide bonds. The quantitative estimate of drug-likeness (QED) is 0.708. The van der Waals surface area contributed by atoms with Gasteiger partial charge in [-0.15, -0.1) is 0 Å². The number of nitrogens with zero attached hydrogens (tertiary/aromatic N) is 4. The van der Waals surface area contributed by atoms with Gasteiger partial charge in [-0.3, -0.25) is 4.99 Å². The van der Waals surface area contributed by atoms with E-state index in [1.54, 1.807) is 0 Å².